The van der Waals surface area contributed by atoms with Crippen LogP contribution < -0.4 is 5.32 Å². The van der Waals surface area contributed by atoms with Gasteiger partial charge in [0.05, 0.1) is 0 Å². The average Bonchev–Trinajstić information content (AvgIpc) is 2.20. The molecule has 0 aromatic rings. The van der Waals surface area contributed by atoms with E-state index in [0.29, 0.717) is 11.5 Å². The molecule has 0 aromatic heterocycles. The zero-order chi connectivity index (χ0) is 11.3. The number of amidine groups is 1. The molecular formula is C12H24N2S. The smallest absolute Gasteiger partial charge is 0.156 e. The summed E-state index contributed by atoms with van der Waals surface area (Å²) in [7, 11) is 0. The van der Waals surface area contributed by atoms with E-state index in [-0.39, 0.29) is 0 Å². The van der Waals surface area contributed by atoms with Crippen LogP contribution in [0.2, 0.25) is 0 Å². The quantitative estimate of drug-likeness (QED) is 0.798. The van der Waals surface area contributed by atoms with Crippen LogP contribution in [0.4, 0.5) is 0 Å². The fourth-order valence-corrected chi connectivity index (χ4v) is 2.65. The molecule has 1 N–H and O–H groups in total. The van der Waals surface area contributed by atoms with Gasteiger partial charge in [-0.05, 0) is 18.3 Å². The van der Waals surface area contributed by atoms with Gasteiger partial charge in [-0.15, -0.1) is 0 Å². The molecule has 0 radical (unpaired) electrons. The Kier molecular flexibility index (Phi) is 4.97. The predicted molar refractivity (Wildman–Crippen MR) is 70.7 cm³/mol. The molecule has 1 heterocycles. The van der Waals surface area contributed by atoms with Gasteiger partial charge in [0.2, 0.25) is 0 Å². The van der Waals surface area contributed by atoms with Crippen molar-refractivity contribution in [2.24, 2.45) is 10.4 Å². The maximum Gasteiger partial charge on any atom is 0.156 e. The first kappa shape index (κ1) is 12.9. The molecule has 15 heavy (non-hydrogen) atoms. The van der Waals surface area contributed by atoms with Crippen LogP contribution >= 0.6 is 11.8 Å². The van der Waals surface area contributed by atoms with Crippen molar-refractivity contribution in [3.8, 4) is 0 Å². The second-order valence-corrected chi connectivity index (χ2v) is 6.08. The van der Waals surface area contributed by atoms with Crippen molar-refractivity contribution in [3.63, 3.8) is 0 Å². The molecule has 2 nitrogen and oxygen atoms in total. The van der Waals surface area contributed by atoms with Crippen molar-refractivity contribution in [2.45, 2.75) is 53.0 Å². The van der Waals surface area contributed by atoms with Crippen LogP contribution in [0.1, 0.15) is 47.0 Å². The van der Waals surface area contributed by atoms with Gasteiger partial charge in [0.1, 0.15) is 0 Å². The Labute approximate surface area is 98.3 Å². The van der Waals surface area contributed by atoms with E-state index in [2.05, 4.69) is 38.0 Å². The fraction of sp³-hybridized carbons (Fsp3) is 0.917. The molecule has 0 saturated heterocycles. The van der Waals surface area contributed by atoms with Crippen molar-refractivity contribution in [2.75, 3.05) is 12.3 Å². The molecule has 1 rings (SSSR count). The second-order valence-electron chi connectivity index (χ2n) is 5.11. The first-order valence-corrected chi connectivity index (χ1v) is 6.99. The lowest BCUT2D eigenvalue weighted by atomic mass is 9.97. The zero-order valence-electron chi connectivity index (χ0n) is 10.5. The average molecular weight is 228 g/mol. The van der Waals surface area contributed by atoms with E-state index in [9.17, 15) is 0 Å². The molecule has 88 valence electrons. The number of nitrogens with one attached hydrogen (secondary N) is 1. The lowest BCUT2D eigenvalue weighted by Gasteiger charge is -2.29. The van der Waals surface area contributed by atoms with Crippen molar-refractivity contribution in [1.29, 1.82) is 0 Å². The van der Waals surface area contributed by atoms with Crippen LogP contribution in [0.15, 0.2) is 4.99 Å². The highest BCUT2D eigenvalue weighted by atomic mass is 32.2. The maximum atomic E-state index is 4.62. The number of nitrogens with zero attached hydrogens (tertiary/aromatic N) is 1. The molecule has 0 amide bonds. The maximum absolute atomic E-state index is 4.62. The summed E-state index contributed by atoms with van der Waals surface area (Å²) in [5, 5.41) is 4.72. The Hall–Kier alpha value is -0.180. The van der Waals surface area contributed by atoms with E-state index in [1.807, 2.05) is 11.8 Å². The van der Waals surface area contributed by atoms with E-state index >= 15 is 0 Å². The Morgan fingerprint density at radius 2 is 2.20 bits per heavy atom. The van der Waals surface area contributed by atoms with Gasteiger partial charge in [-0.25, -0.2) is 0 Å². The van der Waals surface area contributed by atoms with Gasteiger partial charge in [-0.2, -0.15) is 0 Å². The molecule has 3 heteroatoms. The van der Waals surface area contributed by atoms with Gasteiger partial charge in [0.25, 0.3) is 0 Å². The highest BCUT2D eigenvalue weighted by Gasteiger charge is 2.23. The van der Waals surface area contributed by atoms with Crippen molar-refractivity contribution in [3.05, 3.63) is 0 Å². The molecule has 1 aliphatic heterocycles. The largest absolute Gasteiger partial charge is 0.362 e. The fourth-order valence-electron chi connectivity index (χ4n) is 1.63. The summed E-state index contributed by atoms with van der Waals surface area (Å²) in [5.41, 5.74) is 0.377. The van der Waals surface area contributed by atoms with E-state index in [0.717, 1.165) is 11.7 Å². The highest BCUT2D eigenvalue weighted by Crippen LogP contribution is 2.27. The molecule has 0 aromatic carbocycles. The van der Waals surface area contributed by atoms with Crippen molar-refractivity contribution >= 4 is 16.9 Å². The third-order valence-corrected chi connectivity index (χ3v) is 4.15. The number of hydrogen-bond donors (Lipinski definition) is 1. The van der Waals surface area contributed by atoms with Gasteiger partial charge in [0.15, 0.2) is 5.17 Å². The monoisotopic (exact) mass is 228 g/mol. The van der Waals surface area contributed by atoms with Crippen LogP contribution in [0, 0.1) is 5.41 Å². The summed E-state index contributed by atoms with van der Waals surface area (Å²) >= 11 is 1.88. The lowest BCUT2D eigenvalue weighted by molar-refractivity contribution is 0.435. The van der Waals surface area contributed by atoms with Crippen molar-refractivity contribution in [1.82, 2.24) is 5.32 Å². The summed E-state index contributed by atoms with van der Waals surface area (Å²) in [4.78, 5) is 4.62. The number of rotatable bonds is 4. The van der Waals surface area contributed by atoms with Crippen LogP contribution in [-0.2, 0) is 0 Å². The third kappa shape index (κ3) is 4.45. The number of aliphatic imine (C=N–C) groups is 1. The zero-order valence-corrected chi connectivity index (χ0v) is 11.3. The topological polar surface area (TPSA) is 24.4 Å². The summed E-state index contributed by atoms with van der Waals surface area (Å²) < 4.78 is 0. The predicted octanol–water partition coefficient (Wildman–Crippen LogP) is 3.28. The molecule has 1 unspecified atom stereocenters. The van der Waals surface area contributed by atoms with E-state index in [1.54, 1.807) is 0 Å². The first-order valence-electron chi connectivity index (χ1n) is 6.01. The molecule has 1 atom stereocenters. The summed E-state index contributed by atoms with van der Waals surface area (Å²) in [6.07, 6.45) is 3.69. The third-order valence-electron chi connectivity index (χ3n) is 2.71. The minimum atomic E-state index is 0.377. The highest BCUT2D eigenvalue weighted by molar-refractivity contribution is 8.13. The summed E-state index contributed by atoms with van der Waals surface area (Å²) in [6.45, 7) is 10.0. The standard InChI is InChI=1S/C12H24N2S/c1-5-7-10(6-2)14-11-13-8-12(3,4)9-15-11/h10H,5-9H2,1-4H3,(H,13,14). The van der Waals surface area contributed by atoms with Crippen LogP contribution in [-0.4, -0.2) is 23.5 Å². The Bertz CT molecular complexity index is 224. The molecule has 1 aliphatic rings. The second kappa shape index (κ2) is 5.78. The molecule has 0 fully saturated rings. The Morgan fingerprint density at radius 3 is 2.67 bits per heavy atom. The summed E-state index contributed by atoms with van der Waals surface area (Å²) in [6, 6.07) is 0.613. The first-order chi connectivity index (χ1) is 7.07. The van der Waals surface area contributed by atoms with Gasteiger partial charge < -0.3 is 5.32 Å². The number of thioether (sulfide) groups is 1. The SMILES string of the molecule is CCCC(CC)NC1=NCC(C)(C)CS1. The number of hydrogen-bond acceptors (Lipinski definition) is 3. The Morgan fingerprint density at radius 1 is 1.47 bits per heavy atom. The Balaban J connectivity index is 2.42. The van der Waals surface area contributed by atoms with Crippen LogP contribution in [0.3, 0.4) is 0 Å². The molecule has 0 aliphatic carbocycles. The molecule has 0 saturated carbocycles. The van der Waals surface area contributed by atoms with Crippen molar-refractivity contribution < 1.29 is 0 Å². The van der Waals surface area contributed by atoms with E-state index in [1.165, 1.54) is 25.0 Å². The minimum absolute atomic E-state index is 0.377. The van der Waals surface area contributed by atoms with Gasteiger partial charge in [-0.1, -0.05) is 45.9 Å². The van der Waals surface area contributed by atoms with E-state index < -0.39 is 0 Å². The molecular weight excluding hydrogens is 204 g/mol. The normalized spacial score (nSPS) is 22.0. The molecule has 0 spiro atoms. The molecule has 0 bridgehead atoms. The van der Waals surface area contributed by atoms with Crippen LogP contribution in [0.25, 0.3) is 0 Å². The lowest BCUT2D eigenvalue weighted by Crippen LogP contribution is -2.37. The van der Waals surface area contributed by atoms with Crippen LogP contribution in [0.5, 0.6) is 0 Å². The van der Waals surface area contributed by atoms with Gasteiger partial charge >= 0.3 is 0 Å². The van der Waals surface area contributed by atoms with Gasteiger partial charge in [0, 0.05) is 18.3 Å². The summed E-state index contributed by atoms with van der Waals surface area (Å²) in [5.74, 6) is 1.18. The van der Waals surface area contributed by atoms with E-state index in [4.69, 9.17) is 0 Å². The van der Waals surface area contributed by atoms with Gasteiger partial charge in [-0.3, -0.25) is 4.99 Å². The minimum Gasteiger partial charge on any atom is -0.362 e.